The van der Waals surface area contributed by atoms with E-state index in [4.69, 9.17) is 4.74 Å². The lowest BCUT2D eigenvalue weighted by molar-refractivity contribution is -0.384. The summed E-state index contributed by atoms with van der Waals surface area (Å²) in [5.41, 5.74) is -1.26. The first-order valence-electron chi connectivity index (χ1n) is 8.96. The molecule has 0 aliphatic carbocycles. The molecule has 0 radical (unpaired) electrons. The van der Waals surface area contributed by atoms with Crippen LogP contribution in [0.1, 0.15) is 15.9 Å². The third-order valence-corrected chi connectivity index (χ3v) is 5.90. The van der Waals surface area contributed by atoms with Crippen molar-refractivity contribution in [3.63, 3.8) is 0 Å². The molecule has 0 unspecified atom stereocenters. The van der Waals surface area contributed by atoms with Crippen molar-refractivity contribution < 1.29 is 27.6 Å². The van der Waals surface area contributed by atoms with Crippen LogP contribution in [0.15, 0.2) is 39.3 Å². The summed E-state index contributed by atoms with van der Waals surface area (Å²) in [6, 6.07) is 5.85. The highest BCUT2D eigenvalue weighted by atomic mass is 79.9. The average Bonchev–Trinajstić information content (AvgIpc) is 2.71. The molecule has 7 nitrogen and oxygen atoms in total. The predicted octanol–water partition coefficient (Wildman–Crippen LogP) is 5.11. The molecule has 0 aromatic heterocycles. The average molecular weight is 567 g/mol. The van der Waals surface area contributed by atoms with Crippen LogP contribution in [-0.4, -0.2) is 49.0 Å². The normalized spacial score (nSPS) is 14.5. The van der Waals surface area contributed by atoms with Gasteiger partial charge in [0.1, 0.15) is 11.4 Å². The molecule has 1 amide bonds. The number of nitro groups is 1. The van der Waals surface area contributed by atoms with E-state index in [0.717, 1.165) is 12.1 Å². The van der Waals surface area contributed by atoms with Crippen LogP contribution in [-0.2, 0) is 6.18 Å². The van der Waals surface area contributed by atoms with E-state index in [0.29, 0.717) is 26.3 Å². The molecule has 2 aromatic rings. The molecule has 1 aliphatic rings. The number of nitro benzene ring substituents is 1. The van der Waals surface area contributed by atoms with Crippen LogP contribution in [0.2, 0.25) is 0 Å². The second-order valence-electron chi connectivity index (χ2n) is 6.71. The summed E-state index contributed by atoms with van der Waals surface area (Å²) in [6.07, 6.45) is -4.67. The van der Waals surface area contributed by atoms with Gasteiger partial charge >= 0.3 is 6.18 Å². The molecule has 1 aliphatic heterocycles. The fourth-order valence-electron chi connectivity index (χ4n) is 3.36. The minimum absolute atomic E-state index is 0.0906. The van der Waals surface area contributed by atoms with E-state index in [1.54, 1.807) is 21.9 Å². The van der Waals surface area contributed by atoms with E-state index >= 15 is 0 Å². The van der Waals surface area contributed by atoms with E-state index in [1.165, 1.54) is 7.11 Å². The van der Waals surface area contributed by atoms with Gasteiger partial charge in [-0.25, -0.2) is 0 Å². The van der Waals surface area contributed by atoms with Gasteiger partial charge in [-0.2, -0.15) is 13.2 Å². The van der Waals surface area contributed by atoms with Crippen molar-refractivity contribution in [3.05, 3.63) is 60.5 Å². The van der Waals surface area contributed by atoms with Crippen LogP contribution in [0, 0.1) is 10.1 Å². The molecule has 1 saturated heterocycles. The third-order valence-electron chi connectivity index (χ3n) is 4.85. The second-order valence-corrected chi connectivity index (χ2v) is 8.48. The molecule has 12 heteroatoms. The molecule has 2 aromatic carbocycles. The molecular formula is C19H16Br2F3N3O4. The number of nitrogens with zero attached hydrogens (tertiary/aromatic N) is 3. The molecule has 166 valence electrons. The molecule has 1 fully saturated rings. The van der Waals surface area contributed by atoms with Crippen molar-refractivity contribution in [2.45, 2.75) is 6.18 Å². The Morgan fingerprint density at radius 2 is 1.77 bits per heavy atom. The van der Waals surface area contributed by atoms with Crippen molar-refractivity contribution in [3.8, 4) is 5.75 Å². The van der Waals surface area contributed by atoms with Crippen LogP contribution in [0.4, 0.5) is 24.5 Å². The monoisotopic (exact) mass is 565 g/mol. The molecule has 0 saturated carbocycles. The maximum absolute atomic E-state index is 13.0. The van der Waals surface area contributed by atoms with Crippen LogP contribution < -0.4 is 9.64 Å². The Morgan fingerprint density at radius 1 is 1.13 bits per heavy atom. The smallest absolute Gasteiger partial charge is 0.416 e. The number of benzene rings is 2. The summed E-state index contributed by atoms with van der Waals surface area (Å²) >= 11 is 6.70. The number of halogens is 5. The van der Waals surface area contributed by atoms with Gasteiger partial charge in [0.05, 0.1) is 27.6 Å². The minimum Gasteiger partial charge on any atom is -0.495 e. The van der Waals surface area contributed by atoms with Crippen molar-refractivity contribution in [2.75, 3.05) is 38.2 Å². The van der Waals surface area contributed by atoms with Crippen LogP contribution >= 0.6 is 31.9 Å². The van der Waals surface area contributed by atoms with E-state index in [-0.39, 0.29) is 37.8 Å². The summed E-state index contributed by atoms with van der Waals surface area (Å²) in [5.74, 6) is 0.106. The van der Waals surface area contributed by atoms with Gasteiger partial charge in [-0.3, -0.25) is 14.9 Å². The van der Waals surface area contributed by atoms with Crippen molar-refractivity contribution in [1.29, 1.82) is 0 Å². The number of hydrogen-bond acceptors (Lipinski definition) is 5. The van der Waals surface area contributed by atoms with Crippen LogP contribution in [0.25, 0.3) is 0 Å². The summed E-state index contributed by atoms with van der Waals surface area (Å²) < 4.78 is 45.4. The number of carbonyl (C=O) groups is 1. The van der Waals surface area contributed by atoms with Gasteiger partial charge in [0.15, 0.2) is 0 Å². The highest BCUT2D eigenvalue weighted by Crippen LogP contribution is 2.37. The van der Waals surface area contributed by atoms with Crippen LogP contribution in [0.5, 0.6) is 5.75 Å². The van der Waals surface area contributed by atoms with Gasteiger partial charge < -0.3 is 14.5 Å². The highest BCUT2D eigenvalue weighted by Gasteiger charge is 2.34. The number of alkyl halides is 3. The molecular weight excluding hydrogens is 551 g/mol. The first-order valence-corrected chi connectivity index (χ1v) is 10.5. The first-order chi connectivity index (χ1) is 14.5. The summed E-state index contributed by atoms with van der Waals surface area (Å²) in [4.78, 5) is 26.7. The topological polar surface area (TPSA) is 75.9 Å². The lowest BCUT2D eigenvalue weighted by Gasteiger charge is -2.36. The van der Waals surface area contributed by atoms with Gasteiger partial charge in [-0.05, 0) is 40.2 Å². The molecule has 1 heterocycles. The highest BCUT2D eigenvalue weighted by molar-refractivity contribution is 9.11. The zero-order valence-corrected chi connectivity index (χ0v) is 19.3. The molecule has 0 N–H and O–H groups in total. The summed E-state index contributed by atoms with van der Waals surface area (Å²) in [5, 5.41) is 11.4. The standard InChI is InChI=1S/C19H16Br2F3N3O4/c1-31-17-13(9-12(20)10-14(17)21)18(28)26-6-4-25(5-7-26)15-3-2-11(19(22,23)24)8-16(15)27(29)30/h2-3,8-10H,4-7H2,1H3. The van der Waals surface area contributed by atoms with Crippen molar-refractivity contribution >= 4 is 49.1 Å². The zero-order valence-electron chi connectivity index (χ0n) is 16.1. The number of piperazine rings is 1. The lowest BCUT2D eigenvalue weighted by Crippen LogP contribution is -2.49. The Kier molecular flexibility index (Phi) is 6.79. The van der Waals surface area contributed by atoms with Gasteiger partial charge in [-0.15, -0.1) is 0 Å². The Morgan fingerprint density at radius 3 is 2.32 bits per heavy atom. The fourth-order valence-corrected chi connectivity index (χ4v) is 4.75. The molecule has 0 atom stereocenters. The van der Waals surface area contributed by atoms with E-state index in [9.17, 15) is 28.1 Å². The number of amides is 1. The van der Waals surface area contributed by atoms with E-state index in [2.05, 4.69) is 31.9 Å². The van der Waals surface area contributed by atoms with E-state index < -0.39 is 22.4 Å². The number of methoxy groups -OCH3 is 1. The Balaban J connectivity index is 1.80. The van der Waals surface area contributed by atoms with Gasteiger partial charge in [0.25, 0.3) is 11.6 Å². The number of anilines is 1. The number of rotatable bonds is 4. The van der Waals surface area contributed by atoms with E-state index in [1.807, 2.05) is 0 Å². The lowest BCUT2D eigenvalue weighted by atomic mass is 10.1. The molecule has 31 heavy (non-hydrogen) atoms. The zero-order chi connectivity index (χ0) is 22.9. The van der Waals surface area contributed by atoms with Gasteiger partial charge in [-0.1, -0.05) is 15.9 Å². The number of hydrogen-bond donors (Lipinski definition) is 0. The van der Waals surface area contributed by atoms with Crippen molar-refractivity contribution in [2.24, 2.45) is 0 Å². The maximum Gasteiger partial charge on any atom is 0.416 e. The Hall–Kier alpha value is -2.34. The quantitative estimate of drug-likeness (QED) is 0.380. The van der Waals surface area contributed by atoms with Gasteiger partial charge in [0, 0.05) is 36.7 Å². The Labute approximate surface area is 192 Å². The minimum atomic E-state index is -4.67. The fraction of sp³-hybridized carbons (Fsp3) is 0.316. The number of ether oxygens (including phenoxy) is 1. The SMILES string of the molecule is COc1c(Br)cc(Br)cc1C(=O)N1CCN(c2ccc(C(F)(F)F)cc2[N+](=O)[O-])CC1. The summed E-state index contributed by atoms with van der Waals surface area (Å²) in [6.45, 7) is 0.944. The Bertz CT molecular complexity index is 1030. The van der Waals surface area contributed by atoms with Gasteiger partial charge in [0.2, 0.25) is 0 Å². The molecule has 3 rings (SSSR count). The van der Waals surface area contributed by atoms with Crippen molar-refractivity contribution in [1.82, 2.24) is 4.90 Å². The molecule has 0 bridgehead atoms. The summed E-state index contributed by atoms with van der Waals surface area (Å²) in [7, 11) is 1.45. The predicted molar refractivity (Wildman–Crippen MR) is 115 cm³/mol. The number of carbonyl (C=O) groups excluding carboxylic acids is 1. The third kappa shape index (κ3) is 4.95. The maximum atomic E-state index is 13.0. The van der Waals surface area contributed by atoms with Crippen LogP contribution in [0.3, 0.4) is 0 Å². The second kappa shape index (κ2) is 9.03. The molecule has 0 spiro atoms. The first kappa shape index (κ1) is 23.3. The largest absolute Gasteiger partial charge is 0.495 e.